The van der Waals surface area contributed by atoms with Crippen LogP contribution >= 0.6 is 11.9 Å². The highest BCUT2D eigenvalue weighted by Gasteiger charge is 2.36. The molecular weight excluding hydrogens is 268 g/mol. The summed E-state index contributed by atoms with van der Waals surface area (Å²) in [5, 5.41) is 7.62. The molecule has 19 heavy (non-hydrogen) atoms. The number of amides is 4. The fraction of sp³-hybridized carbons (Fsp3) is 0.727. The second-order valence-corrected chi connectivity index (χ2v) is 5.68. The Labute approximate surface area is 118 Å². The number of nitrogens with zero attached hydrogens (tertiary/aromatic N) is 3. The van der Waals surface area contributed by atoms with E-state index in [9.17, 15) is 9.59 Å². The molecule has 0 fully saturated rings. The SMILES string of the molecule is COC(=N)N(C(=O)N(C)C)C(=O)N(SC)C(C)(C)C. The Kier molecular flexibility index (Phi) is 6.14. The highest BCUT2D eigenvalue weighted by Crippen LogP contribution is 2.23. The van der Waals surface area contributed by atoms with Gasteiger partial charge in [-0.15, -0.1) is 0 Å². The molecule has 0 atom stereocenters. The number of amidine groups is 1. The molecule has 0 aromatic rings. The second-order valence-electron chi connectivity index (χ2n) is 4.95. The number of ether oxygens (including phenoxy) is 1. The van der Waals surface area contributed by atoms with Crippen molar-refractivity contribution in [2.75, 3.05) is 27.5 Å². The van der Waals surface area contributed by atoms with Gasteiger partial charge in [0.15, 0.2) is 0 Å². The third kappa shape index (κ3) is 4.30. The molecule has 8 heteroatoms. The van der Waals surface area contributed by atoms with E-state index in [0.29, 0.717) is 4.90 Å². The van der Waals surface area contributed by atoms with Crippen molar-refractivity contribution in [2.45, 2.75) is 26.3 Å². The molecule has 0 aliphatic heterocycles. The van der Waals surface area contributed by atoms with Crippen molar-refractivity contribution in [1.29, 1.82) is 5.41 Å². The Balaban J connectivity index is 5.44. The highest BCUT2D eigenvalue weighted by molar-refractivity contribution is 7.96. The molecule has 0 spiro atoms. The Morgan fingerprint density at radius 1 is 1.16 bits per heavy atom. The lowest BCUT2D eigenvalue weighted by Gasteiger charge is -2.36. The van der Waals surface area contributed by atoms with E-state index in [1.807, 2.05) is 20.8 Å². The van der Waals surface area contributed by atoms with Gasteiger partial charge in [0, 0.05) is 25.9 Å². The van der Waals surface area contributed by atoms with Gasteiger partial charge < -0.3 is 9.64 Å². The van der Waals surface area contributed by atoms with Crippen LogP contribution in [0.1, 0.15) is 20.8 Å². The summed E-state index contributed by atoms with van der Waals surface area (Å²) in [6.45, 7) is 5.53. The predicted molar refractivity (Wildman–Crippen MR) is 76.2 cm³/mol. The first-order chi connectivity index (χ1) is 8.57. The van der Waals surface area contributed by atoms with Gasteiger partial charge in [0.05, 0.1) is 7.11 Å². The molecule has 0 aliphatic carbocycles. The van der Waals surface area contributed by atoms with Gasteiger partial charge in [0.25, 0.3) is 0 Å². The van der Waals surface area contributed by atoms with Gasteiger partial charge in [-0.25, -0.2) is 9.59 Å². The molecule has 7 nitrogen and oxygen atoms in total. The Morgan fingerprint density at radius 2 is 1.63 bits per heavy atom. The van der Waals surface area contributed by atoms with E-state index in [2.05, 4.69) is 0 Å². The molecule has 0 unspecified atom stereocenters. The van der Waals surface area contributed by atoms with Gasteiger partial charge in [-0.3, -0.25) is 9.71 Å². The lowest BCUT2D eigenvalue weighted by molar-refractivity contribution is 0.157. The number of carbonyl (C=O) groups excluding carboxylic acids is 2. The molecule has 0 bridgehead atoms. The number of carbonyl (C=O) groups is 2. The van der Waals surface area contributed by atoms with Gasteiger partial charge in [-0.1, -0.05) is 0 Å². The molecule has 0 aliphatic rings. The number of imide groups is 1. The first-order valence-corrected chi connectivity index (χ1v) is 6.78. The third-order valence-electron chi connectivity index (χ3n) is 2.13. The van der Waals surface area contributed by atoms with Crippen molar-refractivity contribution in [3.05, 3.63) is 0 Å². The van der Waals surface area contributed by atoms with Crippen molar-refractivity contribution >= 4 is 30.0 Å². The van der Waals surface area contributed by atoms with E-state index in [0.717, 1.165) is 0 Å². The summed E-state index contributed by atoms with van der Waals surface area (Å²) in [6, 6.07) is -1.74. The fourth-order valence-corrected chi connectivity index (χ4v) is 2.06. The molecule has 0 radical (unpaired) electrons. The van der Waals surface area contributed by atoms with Crippen molar-refractivity contribution in [2.24, 2.45) is 0 Å². The summed E-state index contributed by atoms with van der Waals surface area (Å²) >= 11 is 1.19. The van der Waals surface area contributed by atoms with Gasteiger partial charge in [0.2, 0.25) is 0 Å². The number of methoxy groups -OCH3 is 1. The molecule has 0 aromatic carbocycles. The van der Waals surface area contributed by atoms with Crippen molar-refractivity contribution in [3.8, 4) is 0 Å². The minimum Gasteiger partial charge on any atom is -0.468 e. The number of rotatable bonds is 1. The quantitative estimate of drug-likeness (QED) is 0.455. The van der Waals surface area contributed by atoms with Crippen LogP contribution in [0.15, 0.2) is 0 Å². The topological polar surface area (TPSA) is 76.9 Å². The van der Waals surface area contributed by atoms with Crippen LogP contribution in [-0.4, -0.2) is 65.2 Å². The minimum atomic E-state index is -0.625. The van der Waals surface area contributed by atoms with E-state index in [-0.39, 0.29) is 0 Å². The molecule has 0 heterocycles. The monoisotopic (exact) mass is 290 g/mol. The van der Waals surface area contributed by atoms with Crippen LogP contribution < -0.4 is 0 Å². The van der Waals surface area contributed by atoms with Crippen LogP contribution in [0.3, 0.4) is 0 Å². The zero-order valence-corrected chi connectivity index (χ0v) is 13.3. The zero-order chi connectivity index (χ0) is 15.4. The van der Waals surface area contributed by atoms with E-state index < -0.39 is 23.6 Å². The maximum atomic E-state index is 12.4. The van der Waals surface area contributed by atoms with E-state index in [1.54, 1.807) is 6.26 Å². The molecule has 0 rings (SSSR count). The number of hydrogen-bond donors (Lipinski definition) is 1. The Bertz CT molecular complexity index is 365. The normalized spacial score (nSPS) is 10.7. The van der Waals surface area contributed by atoms with E-state index in [4.69, 9.17) is 10.1 Å². The molecule has 110 valence electrons. The van der Waals surface area contributed by atoms with Crippen LogP contribution in [0.5, 0.6) is 0 Å². The zero-order valence-electron chi connectivity index (χ0n) is 12.5. The molecular formula is C11H22N4O3S. The average Bonchev–Trinajstić information content (AvgIpc) is 2.27. The van der Waals surface area contributed by atoms with Gasteiger partial charge in [-0.2, -0.15) is 4.90 Å². The fourth-order valence-electron chi connectivity index (χ4n) is 1.28. The van der Waals surface area contributed by atoms with Crippen LogP contribution in [-0.2, 0) is 4.74 Å². The smallest absolute Gasteiger partial charge is 0.347 e. The maximum absolute atomic E-state index is 12.4. The second kappa shape index (κ2) is 6.65. The number of urea groups is 2. The van der Waals surface area contributed by atoms with Gasteiger partial charge in [0.1, 0.15) is 0 Å². The summed E-state index contributed by atoms with van der Waals surface area (Å²) in [5.41, 5.74) is -0.491. The summed E-state index contributed by atoms with van der Waals surface area (Å²) in [4.78, 5) is 26.3. The summed E-state index contributed by atoms with van der Waals surface area (Å²) < 4.78 is 6.14. The summed E-state index contributed by atoms with van der Waals surface area (Å²) in [6.07, 6.45) is 1.73. The number of hydrogen-bond acceptors (Lipinski definition) is 5. The van der Waals surface area contributed by atoms with Crippen LogP contribution in [0.4, 0.5) is 9.59 Å². The highest BCUT2D eigenvalue weighted by atomic mass is 32.2. The summed E-state index contributed by atoms with van der Waals surface area (Å²) in [7, 11) is 4.25. The van der Waals surface area contributed by atoms with Crippen molar-refractivity contribution < 1.29 is 14.3 Å². The summed E-state index contributed by atoms with van der Waals surface area (Å²) in [5.74, 6) is 0. The molecule has 0 aromatic heterocycles. The number of nitrogens with one attached hydrogen (secondary N) is 1. The van der Waals surface area contributed by atoms with Crippen LogP contribution in [0, 0.1) is 5.41 Å². The van der Waals surface area contributed by atoms with Crippen molar-refractivity contribution in [1.82, 2.24) is 14.1 Å². The first kappa shape index (κ1) is 17.6. The van der Waals surface area contributed by atoms with Crippen LogP contribution in [0.25, 0.3) is 0 Å². The Hall–Kier alpha value is -1.44. The first-order valence-electron chi connectivity index (χ1n) is 5.60. The molecule has 0 saturated carbocycles. The molecule has 0 saturated heterocycles. The Morgan fingerprint density at radius 3 is 1.89 bits per heavy atom. The largest absolute Gasteiger partial charge is 0.468 e. The van der Waals surface area contributed by atoms with Crippen molar-refractivity contribution in [3.63, 3.8) is 0 Å². The third-order valence-corrected chi connectivity index (χ3v) is 3.20. The lowest BCUT2D eigenvalue weighted by Crippen LogP contribution is -2.54. The standard InChI is InChI=1S/C11H22N4O3S/c1-11(2,3)15(19-7)10(17)14(8(12)18-6)9(16)13(4)5/h12H,1-7H3. The maximum Gasteiger partial charge on any atom is 0.347 e. The lowest BCUT2D eigenvalue weighted by atomic mass is 10.1. The minimum absolute atomic E-state index is 0.491. The van der Waals surface area contributed by atoms with E-state index in [1.165, 1.54) is 42.4 Å². The van der Waals surface area contributed by atoms with Gasteiger partial charge >= 0.3 is 18.1 Å². The van der Waals surface area contributed by atoms with E-state index >= 15 is 0 Å². The predicted octanol–water partition coefficient (Wildman–Crippen LogP) is 2.05. The molecule has 1 N–H and O–H groups in total. The molecule has 4 amide bonds. The van der Waals surface area contributed by atoms with Gasteiger partial charge in [-0.05, 0) is 32.7 Å². The van der Waals surface area contributed by atoms with Crippen LogP contribution in [0.2, 0.25) is 0 Å². The average molecular weight is 290 g/mol.